The van der Waals surface area contributed by atoms with Gasteiger partial charge in [0.25, 0.3) is 0 Å². The van der Waals surface area contributed by atoms with Gasteiger partial charge in [-0.15, -0.1) is 0 Å². The molecule has 9 aliphatic rings. The topological polar surface area (TPSA) is 325 Å². The number of nitrogens with one attached hydrogen (secondary N) is 8. The summed E-state index contributed by atoms with van der Waals surface area (Å²) >= 11 is 0. The Morgan fingerprint density at radius 2 is 0.466 bits per heavy atom. The van der Waals surface area contributed by atoms with Crippen LogP contribution in [0.15, 0.2) is 0 Å². The molecule has 20 nitrogen and oxygen atoms in total. The van der Waals surface area contributed by atoms with Gasteiger partial charge in [-0.05, 0) is 74.0 Å². The Kier molecular flexibility index (Phi) is 13.8. The Hall–Kier alpha value is 0.917. The zero-order valence-corrected chi connectivity index (χ0v) is 40.5. The minimum Gasteiger partial charge on any atom is -0.748 e. The standard InChI is InChI=1S/C32H56N8O12S4.2Sn/c41-53(42,43)21-19-20(22(54(44,45)46)24(56(50,51)52)23(21)55(47,48)49)32-39-30-18-12-6-4-10-16(18)28(37-30)35-26-14-8-2-1-7-13(14)25(33-26)34-27-15-9-3-5-11-17(15)29(36-27)38-31(19)40-32;;/h13-40H,1-12H2,(H,41,42,43)(H,44,45,46)(H,47,48,49)(H,50,51,52);;/q;2*+2/p-4. The minimum absolute atomic E-state index is 0. The molecular formula is C32H52N8O12S4Sn2. The second-order valence-corrected chi connectivity index (χ2v) is 24.1. The number of hydrogen-bond acceptors (Lipinski definition) is 20. The SMILES string of the molecule is O=S(=O)([O-])C1C2C3NC4NC(NC5NC(NC6NC(NC(N3)C2C(S(=O)(=O)[O-])C(S(=O)(=O)[O-])C1S(=O)(=O)[O-])C1CCCCC61)C1CCCCC51)C1CCCCC41.[Sn+2].[Sn+2]. The molecule has 0 amide bonds. The first-order chi connectivity index (χ1) is 26.3. The molecule has 5 aliphatic heterocycles. The van der Waals surface area contributed by atoms with Crippen molar-refractivity contribution >= 4 is 88.3 Å². The first kappa shape index (κ1) is 46.9. The van der Waals surface area contributed by atoms with Crippen molar-refractivity contribution in [1.82, 2.24) is 42.5 Å². The molecule has 4 radical (unpaired) electrons. The number of rotatable bonds is 4. The van der Waals surface area contributed by atoms with Crippen LogP contribution < -0.4 is 42.5 Å². The molecule has 0 aromatic heterocycles. The fourth-order valence-electron chi connectivity index (χ4n) is 13.4. The van der Waals surface area contributed by atoms with E-state index in [1.165, 1.54) is 0 Å². The Morgan fingerprint density at radius 3 is 0.655 bits per heavy atom. The quantitative estimate of drug-likeness (QED) is 0.0981. The van der Waals surface area contributed by atoms with Crippen LogP contribution in [0.3, 0.4) is 0 Å². The summed E-state index contributed by atoms with van der Waals surface area (Å²) in [5, 5.41) is 16.2. The first-order valence-corrected chi connectivity index (χ1v) is 26.1. The molecule has 8 N–H and O–H groups in total. The molecule has 20 unspecified atom stereocenters. The van der Waals surface area contributed by atoms with Gasteiger partial charge in [-0.1, -0.05) is 38.5 Å². The van der Waals surface area contributed by atoms with Crippen molar-refractivity contribution in [3.63, 3.8) is 0 Å². The van der Waals surface area contributed by atoms with Crippen LogP contribution in [0.4, 0.5) is 0 Å². The number of hydrogen-bond donors (Lipinski definition) is 8. The Balaban J connectivity index is 0.00000256. The summed E-state index contributed by atoms with van der Waals surface area (Å²) < 4.78 is 157. The first-order valence-electron chi connectivity index (χ1n) is 20.2. The summed E-state index contributed by atoms with van der Waals surface area (Å²) in [6.45, 7) is 0. The Morgan fingerprint density at radius 1 is 0.293 bits per heavy atom. The summed E-state index contributed by atoms with van der Waals surface area (Å²) in [6, 6.07) is 0. The maximum Gasteiger partial charge on any atom is 2.00 e. The van der Waals surface area contributed by atoms with Gasteiger partial charge >= 0.3 is 47.8 Å². The van der Waals surface area contributed by atoms with Crippen LogP contribution in [-0.4, -0.2) is 170 Å². The van der Waals surface area contributed by atoms with E-state index in [9.17, 15) is 51.9 Å². The van der Waals surface area contributed by atoms with Gasteiger partial charge in [-0.25, -0.2) is 33.7 Å². The largest absolute Gasteiger partial charge is 2.00 e. The molecule has 5 saturated heterocycles. The van der Waals surface area contributed by atoms with Crippen molar-refractivity contribution in [3.05, 3.63) is 0 Å². The van der Waals surface area contributed by atoms with Crippen molar-refractivity contribution in [3.8, 4) is 0 Å². The summed E-state index contributed by atoms with van der Waals surface area (Å²) in [5.74, 6) is -3.14. The third-order valence-electron chi connectivity index (χ3n) is 15.3. The molecule has 0 aromatic carbocycles. The molecule has 9 rings (SSSR count). The molecule has 26 heteroatoms. The fraction of sp³-hybridized carbons (Fsp3) is 1.00. The predicted octanol–water partition coefficient (Wildman–Crippen LogP) is -4.06. The monoisotopic (exact) mass is 1110 g/mol. The Bertz CT molecular complexity index is 1860. The molecule has 324 valence electrons. The average Bonchev–Trinajstić information content (AvgIpc) is 3.84. The van der Waals surface area contributed by atoms with E-state index in [1.54, 1.807) is 0 Å². The molecular weight excluding hydrogens is 1050 g/mol. The van der Waals surface area contributed by atoms with Crippen LogP contribution in [0.1, 0.15) is 77.0 Å². The van der Waals surface area contributed by atoms with Crippen LogP contribution in [0.2, 0.25) is 0 Å². The molecule has 0 spiro atoms. The van der Waals surface area contributed by atoms with Gasteiger partial charge in [-0.3, -0.25) is 42.5 Å². The average molecular weight is 1110 g/mol. The van der Waals surface area contributed by atoms with Gasteiger partial charge in [0.1, 0.15) is 20.2 Å². The molecule has 58 heavy (non-hydrogen) atoms. The third-order valence-corrected chi connectivity index (χ3v) is 20.9. The van der Waals surface area contributed by atoms with E-state index in [0.29, 0.717) is 11.8 Å². The minimum atomic E-state index is -6.22. The zero-order chi connectivity index (χ0) is 39.7. The van der Waals surface area contributed by atoms with Crippen LogP contribution >= 0.6 is 0 Å². The molecule has 0 aromatic rings. The molecule has 5 heterocycles. The van der Waals surface area contributed by atoms with Crippen molar-refractivity contribution < 1.29 is 51.9 Å². The van der Waals surface area contributed by atoms with Gasteiger partial charge in [-0.2, -0.15) is 0 Å². The van der Waals surface area contributed by atoms with Crippen molar-refractivity contribution in [1.29, 1.82) is 0 Å². The van der Waals surface area contributed by atoms with Crippen molar-refractivity contribution in [2.24, 2.45) is 47.3 Å². The fourth-order valence-corrected chi connectivity index (χ4v) is 20.5. The predicted molar refractivity (Wildman–Crippen MR) is 204 cm³/mol. The van der Waals surface area contributed by atoms with Gasteiger partial charge in [0.15, 0.2) is 0 Å². The van der Waals surface area contributed by atoms with E-state index in [1.807, 2.05) is 0 Å². The summed E-state index contributed by atoms with van der Waals surface area (Å²) in [5.41, 5.74) is 0. The van der Waals surface area contributed by atoms with E-state index >= 15 is 0 Å². The van der Waals surface area contributed by atoms with Crippen LogP contribution in [0.25, 0.3) is 0 Å². The second-order valence-electron chi connectivity index (χ2n) is 18.0. The van der Waals surface area contributed by atoms with Gasteiger partial charge in [0.2, 0.25) is 0 Å². The normalized spacial score (nSPS) is 49.3. The van der Waals surface area contributed by atoms with Crippen molar-refractivity contribution in [2.45, 2.75) is 147 Å². The van der Waals surface area contributed by atoms with Gasteiger partial charge < -0.3 is 18.2 Å². The molecule has 9 fully saturated rings. The maximum absolute atomic E-state index is 13.3. The van der Waals surface area contributed by atoms with E-state index in [-0.39, 0.29) is 96.1 Å². The van der Waals surface area contributed by atoms with Gasteiger partial charge in [0.05, 0.1) is 90.6 Å². The van der Waals surface area contributed by atoms with Crippen LogP contribution in [0, 0.1) is 47.3 Å². The molecule has 4 aliphatic carbocycles. The maximum atomic E-state index is 13.3. The molecule has 8 bridgehead atoms. The third kappa shape index (κ3) is 8.36. The second kappa shape index (κ2) is 17.0. The molecule has 20 atom stereocenters. The van der Waals surface area contributed by atoms with E-state index in [2.05, 4.69) is 42.5 Å². The van der Waals surface area contributed by atoms with Crippen molar-refractivity contribution in [2.75, 3.05) is 0 Å². The van der Waals surface area contributed by atoms with Crippen LogP contribution in [-0.2, 0) is 40.5 Å². The van der Waals surface area contributed by atoms with Gasteiger partial charge in [0, 0.05) is 11.8 Å². The zero-order valence-electron chi connectivity index (χ0n) is 31.6. The Labute approximate surface area is 374 Å². The smallest absolute Gasteiger partial charge is 0.748 e. The number of fused-ring (bicyclic) bond motifs is 20. The summed E-state index contributed by atoms with van der Waals surface area (Å²) in [6.07, 6.45) is 6.60. The van der Waals surface area contributed by atoms with E-state index < -0.39 is 98.0 Å². The summed E-state index contributed by atoms with van der Waals surface area (Å²) in [4.78, 5) is 0. The molecule has 4 saturated carbocycles. The van der Waals surface area contributed by atoms with E-state index in [4.69, 9.17) is 0 Å². The van der Waals surface area contributed by atoms with E-state index in [0.717, 1.165) is 77.0 Å². The van der Waals surface area contributed by atoms with Crippen LogP contribution in [0.5, 0.6) is 0 Å². The summed E-state index contributed by atoms with van der Waals surface area (Å²) in [7, 11) is -24.4.